The summed E-state index contributed by atoms with van der Waals surface area (Å²) in [5.41, 5.74) is 1.84. The quantitative estimate of drug-likeness (QED) is 0.830. The van der Waals surface area contributed by atoms with Crippen LogP contribution in [0.1, 0.15) is 37.1 Å². The third-order valence-electron chi connectivity index (χ3n) is 3.45. The van der Waals surface area contributed by atoms with Gasteiger partial charge in [-0.1, -0.05) is 0 Å². The van der Waals surface area contributed by atoms with Gasteiger partial charge >= 0.3 is 0 Å². The van der Waals surface area contributed by atoms with Crippen molar-refractivity contribution in [1.29, 1.82) is 0 Å². The second-order valence-electron chi connectivity index (χ2n) is 4.62. The average Bonchev–Trinajstić information content (AvgIpc) is 2.39. The van der Waals surface area contributed by atoms with Gasteiger partial charge < -0.3 is 0 Å². The molecule has 100 valence electrons. The van der Waals surface area contributed by atoms with Crippen LogP contribution >= 0.6 is 0 Å². The molecule has 6 heteroatoms. The Kier molecular flexibility index (Phi) is 3.97. The molecule has 1 saturated heterocycles. The maximum atomic E-state index is 11.9. The van der Waals surface area contributed by atoms with Crippen molar-refractivity contribution in [3.8, 4) is 0 Å². The summed E-state index contributed by atoms with van der Waals surface area (Å²) in [6, 6.07) is 0. The Labute approximate surface area is 108 Å². The lowest BCUT2D eigenvalue weighted by molar-refractivity contribution is 0.312. The van der Waals surface area contributed by atoms with Crippen LogP contribution < -0.4 is 0 Å². The number of aromatic nitrogens is 2. The summed E-state index contributed by atoms with van der Waals surface area (Å²) >= 11 is 0. The molecule has 0 bridgehead atoms. The molecule has 2 rings (SSSR count). The van der Waals surface area contributed by atoms with E-state index in [4.69, 9.17) is 0 Å². The Balaban J connectivity index is 2.20. The van der Waals surface area contributed by atoms with Crippen LogP contribution in [0.2, 0.25) is 0 Å². The molecular weight excluding hydrogens is 250 g/mol. The van der Waals surface area contributed by atoms with Crippen molar-refractivity contribution in [2.24, 2.45) is 0 Å². The monoisotopic (exact) mass is 269 g/mol. The molecule has 1 aromatic rings. The van der Waals surface area contributed by atoms with Gasteiger partial charge in [-0.25, -0.2) is 12.7 Å². The van der Waals surface area contributed by atoms with Crippen molar-refractivity contribution < 1.29 is 8.42 Å². The lowest BCUT2D eigenvalue weighted by Crippen LogP contribution is -2.40. The maximum absolute atomic E-state index is 11.9. The molecule has 1 atom stereocenters. The van der Waals surface area contributed by atoms with Crippen LogP contribution in [0.3, 0.4) is 0 Å². The molecule has 0 aliphatic carbocycles. The predicted molar refractivity (Wildman–Crippen MR) is 69.8 cm³/mol. The molecule has 0 N–H and O–H groups in total. The van der Waals surface area contributed by atoms with Crippen molar-refractivity contribution in [2.45, 2.75) is 32.6 Å². The number of piperidine rings is 1. The summed E-state index contributed by atoms with van der Waals surface area (Å²) in [7, 11) is -3.09. The van der Waals surface area contributed by atoms with Crippen LogP contribution in [-0.2, 0) is 10.0 Å². The van der Waals surface area contributed by atoms with Gasteiger partial charge in [-0.2, -0.15) is 0 Å². The Morgan fingerprint density at radius 1 is 1.39 bits per heavy atom. The Hall–Kier alpha value is -1.01. The molecule has 0 aromatic carbocycles. The number of aryl methyl sites for hydroxylation is 1. The summed E-state index contributed by atoms with van der Waals surface area (Å²) in [6.45, 7) is 4.78. The summed E-state index contributed by atoms with van der Waals surface area (Å²) in [6.07, 6.45) is 5.22. The molecule has 1 aliphatic rings. The number of hydrogen-bond acceptors (Lipinski definition) is 4. The number of nitrogens with zero attached hydrogens (tertiary/aromatic N) is 3. The van der Waals surface area contributed by atoms with Crippen LogP contribution in [0.5, 0.6) is 0 Å². The van der Waals surface area contributed by atoms with Crippen molar-refractivity contribution >= 4 is 10.0 Å². The van der Waals surface area contributed by atoms with Gasteiger partial charge in [0.15, 0.2) is 0 Å². The minimum Gasteiger partial charge on any atom is -0.258 e. The normalized spacial score (nSPS) is 22.0. The maximum Gasteiger partial charge on any atom is 0.213 e. The highest BCUT2D eigenvalue weighted by Crippen LogP contribution is 2.28. The van der Waals surface area contributed by atoms with Gasteiger partial charge in [-0.3, -0.25) is 9.97 Å². The Bertz CT molecular complexity index is 516. The van der Waals surface area contributed by atoms with Gasteiger partial charge in [0.2, 0.25) is 10.0 Å². The third-order valence-corrected chi connectivity index (χ3v) is 5.30. The fourth-order valence-corrected chi connectivity index (χ4v) is 3.60. The van der Waals surface area contributed by atoms with E-state index in [2.05, 4.69) is 9.97 Å². The molecular formula is C12H19N3O2S. The zero-order valence-corrected chi connectivity index (χ0v) is 11.7. The topological polar surface area (TPSA) is 63.2 Å². The summed E-state index contributed by atoms with van der Waals surface area (Å²) in [5, 5.41) is 0. The second kappa shape index (κ2) is 5.32. The predicted octanol–water partition coefficient (Wildman–Crippen LogP) is 1.31. The molecule has 0 radical (unpaired) electrons. The molecule has 0 amide bonds. The summed E-state index contributed by atoms with van der Waals surface area (Å²) in [5.74, 6) is 0.341. The van der Waals surface area contributed by atoms with Gasteiger partial charge in [-0.15, -0.1) is 0 Å². The van der Waals surface area contributed by atoms with E-state index >= 15 is 0 Å². The van der Waals surface area contributed by atoms with Gasteiger partial charge in [0.1, 0.15) is 0 Å². The number of rotatable bonds is 3. The van der Waals surface area contributed by atoms with E-state index in [1.165, 1.54) is 0 Å². The van der Waals surface area contributed by atoms with Crippen molar-refractivity contribution in [1.82, 2.24) is 14.3 Å². The second-order valence-corrected chi connectivity index (χ2v) is 6.88. The average molecular weight is 269 g/mol. The highest BCUT2D eigenvalue weighted by Gasteiger charge is 2.29. The minimum absolute atomic E-state index is 0.166. The van der Waals surface area contributed by atoms with Crippen LogP contribution in [-0.4, -0.2) is 41.5 Å². The van der Waals surface area contributed by atoms with Crippen molar-refractivity contribution in [3.05, 3.63) is 23.8 Å². The molecule has 1 aliphatic heterocycles. The van der Waals surface area contributed by atoms with Crippen LogP contribution in [0, 0.1) is 6.92 Å². The lowest BCUT2D eigenvalue weighted by Gasteiger charge is -2.31. The first kappa shape index (κ1) is 13.4. The van der Waals surface area contributed by atoms with E-state index in [1.807, 2.05) is 6.92 Å². The molecule has 5 nitrogen and oxygen atoms in total. The van der Waals surface area contributed by atoms with E-state index in [9.17, 15) is 8.42 Å². The fraction of sp³-hybridized carbons (Fsp3) is 0.667. The van der Waals surface area contributed by atoms with Crippen LogP contribution in [0.15, 0.2) is 12.4 Å². The minimum atomic E-state index is -3.09. The van der Waals surface area contributed by atoms with E-state index < -0.39 is 10.0 Å². The SMILES string of the molecule is CCS(=O)(=O)N1CCC[C@H](c2nccnc2C)C1. The number of sulfonamides is 1. The first-order chi connectivity index (χ1) is 8.54. The summed E-state index contributed by atoms with van der Waals surface area (Å²) < 4.78 is 25.4. The fourth-order valence-electron chi connectivity index (χ4n) is 2.42. The van der Waals surface area contributed by atoms with Gasteiger partial charge in [-0.05, 0) is 26.7 Å². The number of hydrogen-bond donors (Lipinski definition) is 0. The van der Waals surface area contributed by atoms with Crippen LogP contribution in [0.4, 0.5) is 0 Å². The van der Waals surface area contributed by atoms with Crippen molar-refractivity contribution in [3.63, 3.8) is 0 Å². The first-order valence-electron chi connectivity index (χ1n) is 6.30. The molecule has 0 saturated carbocycles. The molecule has 0 unspecified atom stereocenters. The van der Waals surface area contributed by atoms with Crippen molar-refractivity contribution in [2.75, 3.05) is 18.8 Å². The van der Waals surface area contributed by atoms with E-state index in [0.29, 0.717) is 13.1 Å². The zero-order chi connectivity index (χ0) is 13.2. The summed E-state index contributed by atoms with van der Waals surface area (Å²) in [4.78, 5) is 8.59. The van der Waals surface area contributed by atoms with Gasteiger partial charge in [0.25, 0.3) is 0 Å². The van der Waals surface area contributed by atoms with E-state index in [-0.39, 0.29) is 11.7 Å². The first-order valence-corrected chi connectivity index (χ1v) is 7.91. The Morgan fingerprint density at radius 2 is 2.11 bits per heavy atom. The molecule has 2 heterocycles. The third kappa shape index (κ3) is 2.70. The zero-order valence-electron chi connectivity index (χ0n) is 10.8. The van der Waals surface area contributed by atoms with E-state index in [0.717, 1.165) is 24.2 Å². The van der Waals surface area contributed by atoms with E-state index in [1.54, 1.807) is 23.6 Å². The molecule has 1 aromatic heterocycles. The smallest absolute Gasteiger partial charge is 0.213 e. The van der Waals surface area contributed by atoms with Gasteiger partial charge in [0.05, 0.1) is 17.1 Å². The largest absolute Gasteiger partial charge is 0.258 e. The molecule has 1 fully saturated rings. The Morgan fingerprint density at radius 3 is 2.78 bits per heavy atom. The van der Waals surface area contributed by atoms with Gasteiger partial charge in [0, 0.05) is 31.4 Å². The molecule has 18 heavy (non-hydrogen) atoms. The van der Waals surface area contributed by atoms with Crippen LogP contribution in [0.25, 0.3) is 0 Å². The lowest BCUT2D eigenvalue weighted by atomic mass is 9.95. The molecule has 0 spiro atoms. The standard InChI is InChI=1S/C12H19N3O2S/c1-3-18(16,17)15-8-4-5-11(9-15)12-10(2)13-6-7-14-12/h6-7,11H,3-5,8-9H2,1-2H3/t11-/m0/s1. The highest BCUT2D eigenvalue weighted by molar-refractivity contribution is 7.89. The highest BCUT2D eigenvalue weighted by atomic mass is 32.2.